The maximum absolute atomic E-state index is 9.10. The van der Waals surface area contributed by atoms with Crippen molar-refractivity contribution >= 4 is 11.9 Å². The molecule has 168 valence electrons. The first-order valence-corrected chi connectivity index (χ1v) is 10.0. The van der Waals surface area contributed by atoms with E-state index in [0.29, 0.717) is 6.61 Å². The van der Waals surface area contributed by atoms with Gasteiger partial charge in [0.25, 0.3) is 0 Å². The molecule has 1 aliphatic rings. The van der Waals surface area contributed by atoms with Crippen LogP contribution in [0.1, 0.15) is 18.2 Å². The lowest BCUT2D eigenvalue weighted by atomic mass is 10.1. The molecule has 2 heterocycles. The zero-order chi connectivity index (χ0) is 22.6. The molecule has 0 amide bonds. The van der Waals surface area contributed by atoms with Gasteiger partial charge in [0, 0.05) is 45.5 Å². The number of methoxy groups -OCH3 is 1. The van der Waals surface area contributed by atoms with Crippen LogP contribution in [0.15, 0.2) is 42.6 Å². The second kappa shape index (κ2) is 12.5. The van der Waals surface area contributed by atoms with Gasteiger partial charge < -0.3 is 19.7 Å². The number of pyridine rings is 1. The third-order valence-electron chi connectivity index (χ3n) is 4.69. The van der Waals surface area contributed by atoms with Crippen LogP contribution in [0.4, 0.5) is 0 Å². The molecule has 9 nitrogen and oxygen atoms in total. The Kier molecular flexibility index (Phi) is 9.73. The lowest BCUT2D eigenvalue weighted by Crippen LogP contribution is -2.45. The minimum absolute atomic E-state index is 0.645. The number of carboxylic acids is 2. The number of carboxylic acid groups (broad SMARTS) is 2. The number of hydrogen-bond donors (Lipinski definition) is 2. The van der Waals surface area contributed by atoms with Gasteiger partial charge in [-0.1, -0.05) is 12.1 Å². The van der Waals surface area contributed by atoms with Gasteiger partial charge in [0.1, 0.15) is 0 Å². The number of ether oxygens (including phenoxy) is 2. The summed E-state index contributed by atoms with van der Waals surface area (Å²) in [6.45, 7) is 8.81. The predicted octanol–water partition coefficient (Wildman–Crippen LogP) is 1.96. The Morgan fingerprint density at radius 1 is 0.968 bits per heavy atom. The first kappa shape index (κ1) is 24.1. The van der Waals surface area contributed by atoms with Crippen molar-refractivity contribution in [3.05, 3.63) is 53.9 Å². The lowest BCUT2D eigenvalue weighted by molar-refractivity contribution is -0.159. The second-order valence-electron chi connectivity index (χ2n) is 6.90. The highest BCUT2D eigenvalue weighted by Crippen LogP contribution is 2.28. The fourth-order valence-corrected chi connectivity index (χ4v) is 3.17. The number of hydrogen-bond acceptors (Lipinski definition) is 7. The van der Waals surface area contributed by atoms with Crippen LogP contribution in [0.2, 0.25) is 0 Å². The topological polar surface area (TPSA) is 112 Å². The van der Waals surface area contributed by atoms with E-state index in [2.05, 4.69) is 39.0 Å². The largest absolute Gasteiger partial charge is 0.493 e. The average molecular weight is 431 g/mol. The molecule has 1 aliphatic heterocycles. The van der Waals surface area contributed by atoms with Gasteiger partial charge in [-0.05, 0) is 36.8 Å². The fourth-order valence-electron chi connectivity index (χ4n) is 3.17. The normalized spacial score (nSPS) is 14.3. The quantitative estimate of drug-likeness (QED) is 0.635. The van der Waals surface area contributed by atoms with Gasteiger partial charge in [0.2, 0.25) is 0 Å². The number of aromatic nitrogens is 1. The van der Waals surface area contributed by atoms with E-state index in [0.717, 1.165) is 56.5 Å². The number of piperazine rings is 1. The summed E-state index contributed by atoms with van der Waals surface area (Å²) in [6, 6.07) is 12.3. The number of aliphatic carboxylic acids is 2. The molecule has 0 atom stereocenters. The standard InChI is InChI=1S/C20H27N3O2.C2H2O4/c1-3-25-20-14-17(7-8-19(20)24-2)15-22-10-12-23(13-11-22)16-18-6-4-5-9-21-18;3-1(4)2(5)6/h4-9,14H,3,10-13,15-16H2,1-2H3;(H,3,4)(H,5,6). The van der Waals surface area contributed by atoms with Gasteiger partial charge in [-0.25, -0.2) is 9.59 Å². The van der Waals surface area contributed by atoms with Gasteiger partial charge in [0.05, 0.1) is 19.4 Å². The Labute approximate surface area is 181 Å². The monoisotopic (exact) mass is 431 g/mol. The molecule has 3 rings (SSSR count). The minimum Gasteiger partial charge on any atom is -0.493 e. The van der Waals surface area contributed by atoms with Crippen LogP contribution < -0.4 is 9.47 Å². The van der Waals surface area contributed by atoms with Crippen molar-refractivity contribution in [2.24, 2.45) is 0 Å². The molecular formula is C22H29N3O6. The Hall–Kier alpha value is -3.17. The van der Waals surface area contributed by atoms with Gasteiger partial charge in [-0.3, -0.25) is 14.8 Å². The van der Waals surface area contributed by atoms with E-state index in [9.17, 15) is 0 Å². The van der Waals surface area contributed by atoms with Crippen molar-refractivity contribution in [2.45, 2.75) is 20.0 Å². The van der Waals surface area contributed by atoms with E-state index >= 15 is 0 Å². The zero-order valence-corrected chi connectivity index (χ0v) is 17.9. The van der Waals surface area contributed by atoms with Crippen LogP contribution in [-0.2, 0) is 22.7 Å². The molecule has 2 N–H and O–H groups in total. The molecular weight excluding hydrogens is 402 g/mol. The highest BCUT2D eigenvalue weighted by atomic mass is 16.5. The summed E-state index contributed by atoms with van der Waals surface area (Å²) >= 11 is 0. The number of nitrogens with zero attached hydrogens (tertiary/aromatic N) is 3. The summed E-state index contributed by atoms with van der Waals surface area (Å²) in [5.74, 6) is -2.02. The average Bonchev–Trinajstić information content (AvgIpc) is 2.77. The zero-order valence-electron chi connectivity index (χ0n) is 17.9. The van der Waals surface area contributed by atoms with E-state index in [-0.39, 0.29) is 0 Å². The van der Waals surface area contributed by atoms with E-state index in [4.69, 9.17) is 29.3 Å². The molecule has 2 aromatic rings. The van der Waals surface area contributed by atoms with E-state index in [1.165, 1.54) is 5.56 Å². The van der Waals surface area contributed by atoms with Crippen molar-refractivity contribution in [1.82, 2.24) is 14.8 Å². The number of benzene rings is 1. The summed E-state index contributed by atoms with van der Waals surface area (Å²) in [4.78, 5) is 27.6. The maximum atomic E-state index is 9.10. The van der Waals surface area contributed by atoms with Gasteiger partial charge in [-0.15, -0.1) is 0 Å². The van der Waals surface area contributed by atoms with Crippen molar-refractivity contribution in [1.29, 1.82) is 0 Å². The molecule has 0 saturated carbocycles. The van der Waals surface area contributed by atoms with Crippen LogP contribution in [-0.4, -0.2) is 76.8 Å². The Balaban J connectivity index is 0.000000501. The third kappa shape index (κ3) is 8.23. The summed E-state index contributed by atoms with van der Waals surface area (Å²) < 4.78 is 11.0. The van der Waals surface area contributed by atoms with Crippen molar-refractivity contribution in [2.75, 3.05) is 39.9 Å². The van der Waals surface area contributed by atoms with E-state index < -0.39 is 11.9 Å². The number of rotatable bonds is 7. The van der Waals surface area contributed by atoms with Gasteiger partial charge in [-0.2, -0.15) is 0 Å². The highest BCUT2D eigenvalue weighted by molar-refractivity contribution is 6.27. The Morgan fingerprint density at radius 2 is 1.61 bits per heavy atom. The van der Waals surface area contributed by atoms with Crippen molar-refractivity contribution in [3.8, 4) is 11.5 Å². The van der Waals surface area contributed by atoms with Crippen LogP contribution >= 0.6 is 0 Å². The fraction of sp³-hybridized carbons (Fsp3) is 0.409. The summed E-state index contributed by atoms with van der Waals surface area (Å²) in [6.07, 6.45) is 1.87. The van der Waals surface area contributed by atoms with Crippen LogP contribution in [0.25, 0.3) is 0 Å². The molecule has 1 fully saturated rings. The summed E-state index contributed by atoms with van der Waals surface area (Å²) in [7, 11) is 1.68. The van der Waals surface area contributed by atoms with Crippen molar-refractivity contribution < 1.29 is 29.3 Å². The molecule has 0 radical (unpaired) electrons. The van der Waals surface area contributed by atoms with Crippen LogP contribution in [0, 0.1) is 0 Å². The van der Waals surface area contributed by atoms with Crippen molar-refractivity contribution in [3.63, 3.8) is 0 Å². The number of carbonyl (C=O) groups is 2. The maximum Gasteiger partial charge on any atom is 0.414 e. The summed E-state index contributed by atoms with van der Waals surface area (Å²) in [5.41, 5.74) is 2.41. The lowest BCUT2D eigenvalue weighted by Gasteiger charge is -2.34. The molecule has 1 aromatic carbocycles. The Morgan fingerprint density at radius 3 is 2.13 bits per heavy atom. The molecule has 0 unspecified atom stereocenters. The first-order chi connectivity index (χ1) is 14.9. The van der Waals surface area contributed by atoms with E-state index in [1.807, 2.05) is 25.3 Å². The molecule has 0 aliphatic carbocycles. The first-order valence-electron chi connectivity index (χ1n) is 10.0. The van der Waals surface area contributed by atoms with E-state index in [1.54, 1.807) is 7.11 Å². The second-order valence-corrected chi connectivity index (χ2v) is 6.90. The molecule has 0 bridgehead atoms. The van der Waals surface area contributed by atoms with Gasteiger partial charge in [0.15, 0.2) is 11.5 Å². The molecule has 1 aromatic heterocycles. The van der Waals surface area contributed by atoms with Gasteiger partial charge >= 0.3 is 11.9 Å². The van der Waals surface area contributed by atoms with Crippen LogP contribution in [0.3, 0.4) is 0 Å². The molecule has 0 spiro atoms. The third-order valence-corrected chi connectivity index (χ3v) is 4.69. The molecule has 31 heavy (non-hydrogen) atoms. The van der Waals surface area contributed by atoms with Crippen LogP contribution in [0.5, 0.6) is 11.5 Å². The molecule has 1 saturated heterocycles. The Bertz CT molecular complexity index is 826. The highest BCUT2D eigenvalue weighted by Gasteiger charge is 2.18. The smallest absolute Gasteiger partial charge is 0.414 e. The predicted molar refractivity (Wildman–Crippen MR) is 114 cm³/mol. The molecule has 9 heteroatoms. The minimum atomic E-state index is -1.82. The summed E-state index contributed by atoms with van der Waals surface area (Å²) in [5, 5.41) is 14.8. The SMILES string of the molecule is CCOc1cc(CN2CCN(Cc3ccccn3)CC2)ccc1OC.O=C(O)C(=O)O.